The largest absolute Gasteiger partial charge is 0.479 e. The zero-order valence-corrected chi connectivity index (χ0v) is 28.0. The smallest absolute Gasteiger partial charge is 0.416 e. The van der Waals surface area contributed by atoms with E-state index in [-0.39, 0.29) is 62.6 Å². The second-order valence-corrected chi connectivity index (χ2v) is 11.8. The molecule has 3 aromatic rings. The fraction of sp³-hybridized carbons (Fsp3) is 0.312. The number of carboxylic acids is 2. The van der Waals surface area contributed by atoms with E-state index in [4.69, 9.17) is 42.5 Å². The summed E-state index contributed by atoms with van der Waals surface area (Å²) >= 11 is 11.7. The van der Waals surface area contributed by atoms with E-state index in [9.17, 15) is 37.5 Å². The average Bonchev–Trinajstić information content (AvgIpc) is 3.33. The maximum atomic E-state index is 12.7. The van der Waals surface area contributed by atoms with Gasteiger partial charge in [0.1, 0.15) is 22.7 Å². The molecule has 49 heavy (non-hydrogen) atoms. The fourth-order valence-corrected chi connectivity index (χ4v) is 4.45. The number of esters is 1. The van der Waals surface area contributed by atoms with Gasteiger partial charge in [-0.05, 0) is 67.8 Å². The quantitative estimate of drug-likeness (QED) is 0.192. The molecule has 2 atom stereocenters. The summed E-state index contributed by atoms with van der Waals surface area (Å²) in [6.07, 6.45) is -4.44. The van der Waals surface area contributed by atoms with Crippen LogP contribution in [-0.4, -0.2) is 63.6 Å². The van der Waals surface area contributed by atoms with Crippen molar-refractivity contribution in [1.82, 2.24) is 10.3 Å². The van der Waals surface area contributed by atoms with Gasteiger partial charge in [0.05, 0.1) is 33.3 Å². The minimum atomic E-state index is -4.56. The van der Waals surface area contributed by atoms with Gasteiger partial charge in [0.15, 0.2) is 11.9 Å². The normalized spacial score (nSPS) is 16.2. The molecule has 0 aliphatic carbocycles. The average molecular weight is 729 g/mol. The van der Waals surface area contributed by atoms with E-state index in [2.05, 4.69) is 15.3 Å². The van der Waals surface area contributed by atoms with Gasteiger partial charge in [0.25, 0.3) is 5.91 Å². The Hall–Kier alpha value is -4.73. The lowest BCUT2D eigenvalue weighted by molar-refractivity contribution is -0.146. The highest BCUT2D eigenvalue weighted by Crippen LogP contribution is 2.37. The van der Waals surface area contributed by atoms with E-state index >= 15 is 0 Å². The molecule has 17 heteroatoms. The molecule has 262 valence electrons. The Morgan fingerprint density at radius 2 is 1.67 bits per heavy atom. The minimum absolute atomic E-state index is 0.0124. The Kier molecular flexibility index (Phi) is 12.4. The number of benzene rings is 2. The summed E-state index contributed by atoms with van der Waals surface area (Å²) in [6, 6.07) is 7.81. The Labute approximate surface area is 287 Å². The highest BCUT2D eigenvalue weighted by Gasteiger charge is 2.43. The number of halogens is 5. The van der Waals surface area contributed by atoms with Gasteiger partial charge in [-0.3, -0.25) is 9.78 Å². The predicted octanol–water partition coefficient (Wildman–Crippen LogP) is 6.65. The van der Waals surface area contributed by atoms with Crippen molar-refractivity contribution in [3.8, 4) is 11.5 Å². The Bertz CT molecular complexity index is 1800. The molecule has 0 saturated heterocycles. The summed E-state index contributed by atoms with van der Waals surface area (Å²) in [5.41, 5.74) is -1.25. The SMILES string of the molecule is COCc1cnc(C2=NC(C)(C(C)C)C(=O)N2)c(C(=O)O)c1.C[C@H](OC(=O)c1cc(Oc2ccc(C(F)(F)F)cc2Cl)ccc1Cl)C(=O)O. The number of pyridine rings is 1. The van der Waals surface area contributed by atoms with Gasteiger partial charge in [-0.2, -0.15) is 13.2 Å². The van der Waals surface area contributed by atoms with Crippen LogP contribution in [0, 0.1) is 5.92 Å². The highest BCUT2D eigenvalue weighted by atomic mass is 35.5. The number of aliphatic imine (C=N–C) groups is 1. The summed E-state index contributed by atoms with van der Waals surface area (Å²) in [5.74, 6) is -3.59. The molecule has 1 aromatic heterocycles. The van der Waals surface area contributed by atoms with Crippen LogP contribution in [0.2, 0.25) is 10.0 Å². The maximum Gasteiger partial charge on any atom is 0.416 e. The number of hydrogen-bond acceptors (Lipinski definition) is 9. The first-order valence-corrected chi connectivity index (χ1v) is 14.9. The molecule has 4 rings (SSSR count). The van der Waals surface area contributed by atoms with Crippen LogP contribution < -0.4 is 10.1 Å². The summed E-state index contributed by atoms with van der Waals surface area (Å²) in [6.45, 7) is 6.92. The number of hydrogen-bond donors (Lipinski definition) is 3. The van der Waals surface area contributed by atoms with Gasteiger partial charge in [-0.1, -0.05) is 37.0 Å². The predicted molar refractivity (Wildman–Crippen MR) is 170 cm³/mol. The number of aromatic nitrogens is 1. The highest BCUT2D eigenvalue weighted by molar-refractivity contribution is 6.33. The van der Waals surface area contributed by atoms with Crippen molar-refractivity contribution >= 4 is 52.9 Å². The summed E-state index contributed by atoms with van der Waals surface area (Å²) in [4.78, 5) is 55.0. The number of aromatic carboxylic acids is 1. The van der Waals surface area contributed by atoms with Crippen LogP contribution >= 0.6 is 23.2 Å². The number of ether oxygens (including phenoxy) is 3. The van der Waals surface area contributed by atoms with Gasteiger partial charge >= 0.3 is 24.1 Å². The molecular weight excluding hydrogens is 698 g/mol. The third-order valence-electron chi connectivity index (χ3n) is 7.15. The molecule has 0 spiro atoms. The van der Waals surface area contributed by atoms with Crippen molar-refractivity contribution < 1.29 is 56.8 Å². The van der Waals surface area contributed by atoms with Crippen molar-refractivity contribution in [1.29, 1.82) is 0 Å². The Morgan fingerprint density at radius 3 is 2.20 bits per heavy atom. The van der Waals surface area contributed by atoms with E-state index in [0.717, 1.165) is 25.1 Å². The molecule has 1 aliphatic rings. The van der Waals surface area contributed by atoms with Gasteiger partial charge in [-0.25, -0.2) is 19.4 Å². The van der Waals surface area contributed by atoms with Crippen molar-refractivity contribution in [3.63, 3.8) is 0 Å². The standard InChI is InChI=1S/C17H11Cl2F3O5.C15H19N3O4/c1-8(15(23)24)26-16(25)11-7-10(3-4-12(11)18)27-14-5-2-9(6-13(14)19)17(20,21)22;1-8(2)15(3)14(21)17-12(18-15)11-10(13(19)20)5-9(6-16-11)7-22-4/h2-8H,1H3,(H,23,24);5-6,8H,7H2,1-4H3,(H,19,20)(H,17,18,21)/t8-;/m0./s1. The lowest BCUT2D eigenvalue weighted by atomic mass is 9.89. The number of amidine groups is 1. The van der Waals surface area contributed by atoms with Crippen molar-refractivity contribution in [3.05, 3.63) is 86.7 Å². The zero-order valence-electron chi connectivity index (χ0n) is 26.5. The minimum Gasteiger partial charge on any atom is -0.479 e. The number of carbonyl (C=O) groups is 4. The molecule has 1 unspecified atom stereocenters. The number of carbonyl (C=O) groups excluding carboxylic acids is 2. The lowest BCUT2D eigenvalue weighted by Crippen LogP contribution is -2.41. The first-order chi connectivity index (χ1) is 22.8. The van der Waals surface area contributed by atoms with Crippen LogP contribution in [-0.2, 0) is 31.8 Å². The van der Waals surface area contributed by atoms with Crippen molar-refractivity contribution in [2.24, 2.45) is 10.9 Å². The zero-order chi connectivity index (χ0) is 36.8. The number of nitrogens with zero attached hydrogens (tertiary/aromatic N) is 2. The van der Waals surface area contributed by atoms with Crippen molar-refractivity contribution in [2.75, 3.05) is 7.11 Å². The van der Waals surface area contributed by atoms with Crippen LogP contribution in [0.4, 0.5) is 13.2 Å². The molecule has 3 N–H and O–H groups in total. The molecular formula is C32H30Cl2F3N3O9. The number of methoxy groups -OCH3 is 1. The number of aliphatic carboxylic acids is 1. The summed E-state index contributed by atoms with van der Waals surface area (Å²) < 4.78 is 53.1. The van der Waals surface area contributed by atoms with E-state index < -0.39 is 41.3 Å². The topological polar surface area (TPSA) is 174 Å². The Morgan fingerprint density at radius 1 is 1.00 bits per heavy atom. The molecule has 1 amide bonds. The second-order valence-electron chi connectivity index (χ2n) is 11.0. The molecule has 0 bridgehead atoms. The van der Waals surface area contributed by atoms with Crippen LogP contribution in [0.15, 0.2) is 53.7 Å². The van der Waals surface area contributed by atoms with Gasteiger partial charge in [0, 0.05) is 13.3 Å². The first kappa shape index (κ1) is 38.7. The number of nitrogens with one attached hydrogen (secondary N) is 1. The third kappa shape index (κ3) is 9.46. The fourth-order valence-electron chi connectivity index (χ4n) is 4.04. The summed E-state index contributed by atoms with van der Waals surface area (Å²) in [5, 5.41) is 20.5. The molecule has 0 fully saturated rings. The van der Waals surface area contributed by atoms with Crippen molar-refractivity contribution in [2.45, 2.75) is 52.1 Å². The van der Waals surface area contributed by atoms with E-state index in [1.165, 1.54) is 31.5 Å². The monoisotopic (exact) mass is 727 g/mol. The summed E-state index contributed by atoms with van der Waals surface area (Å²) in [7, 11) is 1.52. The van der Waals surface area contributed by atoms with Crippen LogP contribution in [0.1, 0.15) is 65.2 Å². The maximum absolute atomic E-state index is 12.7. The lowest BCUT2D eigenvalue weighted by Gasteiger charge is -2.21. The molecule has 12 nitrogen and oxygen atoms in total. The molecule has 2 heterocycles. The first-order valence-electron chi connectivity index (χ1n) is 14.2. The number of alkyl halides is 3. The molecule has 0 saturated carbocycles. The number of carboxylic acid groups (broad SMARTS) is 2. The Balaban J connectivity index is 0.000000271. The van der Waals surface area contributed by atoms with Gasteiger partial charge in [0.2, 0.25) is 0 Å². The third-order valence-corrected chi connectivity index (χ3v) is 7.77. The van der Waals surface area contributed by atoms with E-state index in [0.29, 0.717) is 11.6 Å². The number of rotatable bonds is 10. The van der Waals surface area contributed by atoms with Crippen LogP contribution in [0.25, 0.3) is 0 Å². The van der Waals surface area contributed by atoms with E-state index in [1.807, 2.05) is 13.8 Å². The molecule has 2 aromatic carbocycles. The molecule has 0 radical (unpaired) electrons. The van der Waals surface area contributed by atoms with Crippen LogP contribution in [0.3, 0.4) is 0 Å². The van der Waals surface area contributed by atoms with Crippen LogP contribution in [0.5, 0.6) is 11.5 Å². The molecule has 1 aliphatic heterocycles. The second kappa shape index (κ2) is 15.7. The van der Waals surface area contributed by atoms with Gasteiger partial charge in [-0.15, -0.1) is 0 Å². The van der Waals surface area contributed by atoms with Gasteiger partial charge < -0.3 is 29.7 Å². The number of amides is 1. The van der Waals surface area contributed by atoms with E-state index in [1.54, 1.807) is 6.92 Å².